The van der Waals surface area contributed by atoms with Crippen LogP contribution in [-0.4, -0.2) is 22.2 Å². The number of hydrogen-bond acceptors (Lipinski definition) is 7. The maximum atomic E-state index is 11.2. The minimum absolute atomic E-state index is 0. The predicted octanol–water partition coefficient (Wildman–Crippen LogP) is 1.68. The van der Waals surface area contributed by atoms with Crippen molar-refractivity contribution in [1.29, 1.82) is 0 Å². The van der Waals surface area contributed by atoms with Crippen LogP contribution in [0.25, 0.3) is 11.4 Å². The summed E-state index contributed by atoms with van der Waals surface area (Å²) in [4.78, 5) is 8.79. The summed E-state index contributed by atoms with van der Waals surface area (Å²) in [6, 6.07) is 11.7. The maximum absolute atomic E-state index is 11.2. The molecule has 31 heavy (non-hydrogen) atoms. The number of benzene rings is 1. The first-order valence-electron chi connectivity index (χ1n) is 8.60. The number of ether oxygens (including phenoxy) is 1. The summed E-state index contributed by atoms with van der Waals surface area (Å²) < 4.78 is 6.40. The first kappa shape index (κ1) is 24.5. The Bertz CT molecular complexity index is 1070. The molecule has 2 atom stereocenters. The molecule has 1 saturated heterocycles. The third-order valence-electron chi connectivity index (χ3n) is 4.33. The van der Waals surface area contributed by atoms with E-state index >= 15 is 0 Å². The van der Waals surface area contributed by atoms with E-state index in [1.165, 1.54) is 23.4 Å². The van der Waals surface area contributed by atoms with E-state index in [-0.39, 0.29) is 42.0 Å². The van der Waals surface area contributed by atoms with Gasteiger partial charge < -0.3 is 26.2 Å². The van der Waals surface area contributed by atoms with Crippen molar-refractivity contribution >= 4 is 28.2 Å². The average molecular weight is 519 g/mol. The smallest absolute Gasteiger partial charge is 2.00 e. The van der Waals surface area contributed by atoms with Crippen LogP contribution in [-0.2, 0) is 28.8 Å². The zero-order valence-corrected chi connectivity index (χ0v) is 18.7. The van der Waals surface area contributed by atoms with E-state index in [1.54, 1.807) is 24.5 Å². The van der Waals surface area contributed by atoms with Crippen molar-refractivity contribution < 1.29 is 39.0 Å². The fraction of sp³-hybridized carbons (Fsp3) is 0.100. The number of nitrogens with zero attached hydrogens (tertiary/aromatic N) is 4. The van der Waals surface area contributed by atoms with Gasteiger partial charge in [0.15, 0.2) is 0 Å². The largest absolute Gasteiger partial charge is 4.00 e. The normalized spacial score (nSPS) is 17.6. The molecule has 2 unspecified atom stereocenters. The van der Waals surface area contributed by atoms with Gasteiger partial charge in [-0.25, -0.2) is 0 Å². The number of rotatable bonds is 2. The Kier molecular flexibility index (Phi) is 8.31. The number of nitrogens with two attached hydrogens (primary N) is 1. The van der Waals surface area contributed by atoms with Crippen LogP contribution in [0.1, 0.15) is 28.9 Å². The Morgan fingerprint density at radius 3 is 2.19 bits per heavy atom. The van der Waals surface area contributed by atoms with Gasteiger partial charge >= 0.3 is 18.6 Å². The van der Waals surface area contributed by atoms with Gasteiger partial charge in [-0.1, -0.05) is 39.9 Å². The average Bonchev–Trinajstić information content (AvgIpc) is 3.53. The van der Waals surface area contributed by atoms with Gasteiger partial charge in [0.1, 0.15) is 12.2 Å². The summed E-state index contributed by atoms with van der Waals surface area (Å²) >= 11 is 3.19. The number of amidine groups is 1. The van der Waals surface area contributed by atoms with Crippen molar-refractivity contribution in [3.63, 3.8) is 0 Å². The molecule has 1 fully saturated rings. The zero-order chi connectivity index (χ0) is 20.4. The topological polar surface area (TPSA) is 164 Å². The second kappa shape index (κ2) is 10.5. The minimum atomic E-state index is -0.899. The van der Waals surface area contributed by atoms with Crippen LogP contribution in [0, 0.1) is 0 Å². The summed E-state index contributed by atoms with van der Waals surface area (Å²) in [5.74, 6) is -0.198. The molecule has 2 aliphatic rings. The van der Waals surface area contributed by atoms with Gasteiger partial charge in [0.2, 0.25) is 0 Å². The quantitative estimate of drug-likeness (QED) is 0.234. The maximum Gasteiger partial charge on any atom is 4.00 e. The van der Waals surface area contributed by atoms with E-state index in [2.05, 4.69) is 48.2 Å². The monoisotopic (exact) mass is 518 g/mol. The van der Waals surface area contributed by atoms with E-state index in [9.17, 15) is 10.2 Å². The molecule has 3 heterocycles. The molecular weight excluding hydrogens is 505 g/mol. The number of fused-ring (bicyclic) bond motifs is 6. The van der Waals surface area contributed by atoms with Crippen molar-refractivity contribution in [2.24, 2.45) is 15.9 Å². The Morgan fingerprint density at radius 2 is 1.65 bits per heavy atom. The second-order valence-electron chi connectivity index (χ2n) is 6.22. The van der Waals surface area contributed by atoms with Gasteiger partial charge in [0, 0.05) is 28.0 Å². The van der Waals surface area contributed by atoms with E-state index < -0.39 is 6.02 Å². The molecule has 0 amide bonds. The van der Waals surface area contributed by atoms with E-state index in [1.807, 2.05) is 12.1 Å². The van der Waals surface area contributed by atoms with Crippen LogP contribution < -0.4 is 15.9 Å². The number of aromatic nitrogens is 2. The number of halogens is 1. The third kappa shape index (κ3) is 5.49. The van der Waals surface area contributed by atoms with Crippen molar-refractivity contribution in [2.75, 3.05) is 0 Å². The molecule has 0 bridgehead atoms. The Hall–Kier alpha value is -2.76. The number of epoxide rings is 1. The Labute approximate surface area is 198 Å². The van der Waals surface area contributed by atoms with Crippen LogP contribution in [0.3, 0.4) is 0 Å². The molecule has 0 spiro atoms. The van der Waals surface area contributed by atoms with Gasteiger partial charge in [-0.05, 0) is 29.8 Å². The molecule has 9 nitrogen and oxygen atoms in total. The Balaban J connectivity index is 0.000000208. The fourth-order valence-corrected chi connectivity index (χ4v) is 3.42. The predicted molar refractivity (Wildman–Crippen MR) is 108 cm³/mol. The van der Waals surface area contributed by atoms with Gasteiger partial charge in [-0.2, -0.15) is 5.10 Å². The van der Waals surface area contributed by atoms with E-state index in [4.69, 9.17) is 10.5 Å². The van der Waals surface area contributed by atoms with Crippen LogP contribution >= 0.6 is 15.9 Å². The van der Waals surface area contributed by atoms with Gasteiger partial charge in [0.25, 0.3) is 0 Å². The molecule has 1 aromatic carbocycles. The first-order valence-corrected chi connectivity index (χ1v) is 9.39. The molecule has 11 heteroatoms. The van der Waals surface area contributed by atoms with Crippen molar-refractivity contribution in [1.82, 2.24) is 9.97 Å². The SMILES string of the molecule is N/C([O-])=N/N=C/c1cc(Br)ccc1[O-].[O-2].[V+4].c1cnc2c(c1)C1OC1c1cccnc1-2. The number of hydrogen-bond donors (Lipinski definition) is 1. The van der Waals surface area contributed by atoms with Crippen LogP contribution in [0.5, 0.6) is 5.75 Å². The molecule has 3 aromatic rings. The first-order chi connectivity index (χ1) is 14.0. The van der Waals surface area contributed by atoms with Crippen LogP contribution in [0.15, 0.2) is 69.5 Å². The second-order valence-corrected chi connectivity index (χ2v) is 7.14. The summed E-state index contributed by atoms with van der Waals surface area (Å²) in [6.45, 7) is 0. The van der Waals surface area contributed by atoms with Gasteiger partial charge in [-0.15, -0.1) is 5.10 Å². The molecule has 5 rings (SSSR count). The third-order valence-corrected chi connectivity index (χ3v) is 4.82. The molecule has 1 aliphatic heterocycles. The van der Waals surface area contributed by atoms with Crippen molar-refractivity contribution in [3.8, 4) is 17.1 Å². The van der Waals surface area contributed by atoms with Gasteiger partial charge in [0.05, 0.1) is 23.6 Å². The minimum Gasteiger partial charge on any atom is -2.00 e. The van der Waals surface area contributed by atoms with Gasteiger partial charge in [-0.3, -0.25) is 9.97 Å². The molecule has 0 saturated carbocycles. The summed E-state index contributed by atoms with van der Waals surface area (Å²) in [5, 5.41) is 27.8. The Morgan fingerprint density at radius 1 is 1.06 bits per heavy atom. The zero-order valence-electron chi connectivity index (χ0n) is 15.8. The number of pyridine rings is 2. The molecule has 2 aromatic heterocycles. The van der Waals surface area contributed by atoms with Crippen LogP contribution in [0.4, 0.5) is 0 Å². The van der Waals surface area contributed by atoms with E-state index in [0.29, 0.717) is 5.56 Å². The standard InChI is InChI=1S/C12H8N2O.C8H8BrN3O2.O.V/c1-3-7-9(13-5-1)10-8(4-2-6-14-10)12-11(7)15-12;9-6-1-2-7(13)5(3-6)4-11-12-8(10)14;;/h1-6,11-12H;1-4,13H,(H3,10,12,14);;/q;;-2;+4/p-2/b;11-4+;;. The molecule has 155 valence electrons. The molecule has 2 N–H and O–H groups in total. The molecule has 1 aliphatic carbocycles. The van der Waals surface area contributed by atoms with Crippen molar-refractivity contribution in [2.45, 2.75) is 12.2 Å². The summed E-state index contributed by atoms with van der Waals surface area (Å²) in [5.41, 5.74) is 9.36. The van der Waals surface area contributed by atoms with E-state index in [0.717, 1.165) is 15.9 Å². The molecule has 1 radical (unpaired) electrons. The summed E-state index contributed by atoms with van der Waals surface area (Å²) in [6.07, 6.45) is 5.22. The molecular formula is C20H14BrN5O4V. The van der Waals surface area contributed by atoms with Crippen LogP contribution in [0.2, 0.25) is 0 Å². The fourth-order valence-electron chi connectivity index (χ4n) is 3.04. The van der Waals surface area contributed by atoms with Crippen molar-refractivity contribution in [3.05, 3.63) is 76.0 Å². The summed E-state index contributed by atoms with van der Waals surface area (Å²) in [7, 11) is 0.